The van der Waals surface area contributed by atoms with Gasteiger partial charge in [-0.2, -0.15) is 0 Å². The minimum Gasteiger partial charge on any atom is -0.496 e. The Morgan fingerprint density at radius 2 is 1.80 bits per heavy atom. The fourth-order valence-electron chi connectivity index (χ4n) is 2.26. The number of methoxy groups -OCH3 is 1. The van der Waals surface area contributed by atoms with Crippen LogP contribution in [-0.2, 0) is 0 Å². The molecule has 1 heterocycles. The van der Waals surface area contributed by atoms with E-state index in [1.807, 2.05) is 48.5 Å². The number of hydrogen-bond donors (Lipinski definition) is 2. The zero-order chi connectivity index (χ0) is 14.1. The molecule has 0 bridgehead atoms. The number of nitrogens with two attached hydrogens (primary N) is 2. The first kappa shape index (κ1) is 12.3. The molecule has 1 aromatic heterocycles. The molecule has 0 saturated carbocycles. The highest BCUT2D eigenvalue weighted by Crippen LogP contribution is 2.32. The van der Waals surface area contributed by atoms with Gasteiger partial charge in [-0.05, 0) is 36.4 Å². The van der Waals surface area contributed by atoms with Gasteiger partial charge in [0.15, 0.2) is 0 Å². The van der Waals surface area contributed by atoms with Gasteiger partial charge in [-0.3, -0.25) is 0 Å². The number of aromatic nitrogens is 1. The number of ether oxygens (including phenoxy) is 1. The van der Waals surface area contributed by atoms with Crippen LogP contribution in [0.2, 0.25) is 0 Å². The molecule has 4 heteroatoms. The molecule has 0 aliphatic rings. The van der Waals surface area contributed by atoms with E-state index in [4.69, 9.17) is 16.2 Å². The van der Waals surface area contributed by atoms with E-state index in [2.05, 4.69) is 4.98 Å². The van der Waals surface area contributed by atoms with Gasteiger partial charge in [-0.1, -0.05) is 12.1 Å². The first-order chi connectivity index (χ1) is 9.69. The van der Waals surface area contributed by atoms with E-state index in [-0.39, 0.29) is 0 Å². The molecule has 0 aliphatic heterocycles. The lowest BCUT2D eigenvalue weighted by Crippen LogP contribution is -1.95. The van der Waals surface area contributed by atoms with E-state index in [0.29, 0.717) is 11.4 Å². The number of pyridine rings is 1. The molecule has 0 amide bonds. The third-order valence-electron chi connectivity index (χ3n) is 3.25. The van der Waals surface area contributed by atoms with Crippen LogP contribution in [0.3, 0.4) is 0 Å². The Morgan fingerprint density at radius 3 is 2.60 bits per heavy atom. The average molecular weight is 265 g/mol. The second kappa shape index (κ2) is 4.74. The first-order valence-corrected chi connectivity index (χ1v) is 6.28. The minimum atomic E-state index is 0.656. The Balaban J connectivity index is 2.25. The molecule has 100 valence electrons. The summed E-state index contributed by atoms with van der Waals surface area (Å²) < 4.78 is 5.37. The van der Waals surface area contributed by atoms with Crippen molar-refractivity contribution in [2.75, 3.05) is 18.6 Å². The summed E-state index contributed by atoms with van der Waals surface area (Å²) in [5, 5.41) is 0.864. The Labute approximate surface area is 117 Å². The van der Waals surface area contributed by atoms with Crippen LogP contribution >= 0.6 is 0 Å². The normalized spacial score (nSPS) is 10.7. The van der Waals surface area contributed by atoms with Crippen LogP contribution < -0.4 is 16.2 Å². The predicted molar refractivity (Wildman–Crippen MR) is 82.6 cm³/mol. The molecule has 0 unspecified atom stereocenters. The molecule has 20 heavy (non-hydrogen) atoms. The Kier molecular flexibility index (Phi) is 2.91. The van der Waals surface area contributed by atoms with Crippen molar-refractivity contribution < 1.29 is 4.74 Å². The van der Waals surface area contributed by atoms with Crippen LogP contribution in [0.15, 0.2) is 48.5 Å². The maximum Gasteiger partial charge on any atom is 0.128 e. The molecule has 0 aliphatic carbocycles. The van der Waals surface area contributed by atoms with E-state index < -0.39 is 0 Å². The third kappa shape index (κ3) is 2.01. The molecule has 2 aromatic carbocycles. The average Bonchev–Trinajstić information content (AvgIpc) is 2.47. The molecular formula is C16H15N3O. The molecule has 3 rings (SSSR count). The molecule has 0 spiro atoms. The fourth-order valence-corrected chi connectivity index (χ4v) is 2.26. The maximum absolute atomic E-state index is 6.12. The van der Waals surface area contributed by atoms with Crippen molar-refractivity contribution in [2.45, 2.75) is 0 Å². The smallest absolute Gasteiger partial charge is 0.128 e. The number of anilines is 2. The zero-order valence-corrected chi connectivity index (χ0v) is 11.1. The summed E-state index contributed by atoms with van der Waals surface area (Å²) in [6.07, 6.45) is 0. The summed E-state index contributed by atoms with van der Waals surface area (Å²) in [5.74, 6) is 0.772. The van der Waals surface area contributed by atoms with Crippen molar-refractivity contribution in [1.29, 1.82) is 0 Å². The number of hydrogen-bond acceptors (Lipinski definition) is 4. The molecule has 0 fully saturated rings. The molecule has 0 radical (unpaired) electrons. The molecule has 3 aromatic rings. The molecule has 0 saturated heterocycles. The van der Waals surface area contributed by atoms with Gasteiger partial charge in [-0.15, -0.1) is 0 Å². The molecule has 0 atom stereocenters. The second-order valence-corrected chi connectivity index (χ2v) is 4.57. The van der Waals surface area contributed by atoms with Crippen molar-refractivity contribution in [2.24, 2.45) is 0 Å². The number of nitrogen functional groups attached to an aromatic ring is 2. The van der Waals surface area contributed by atoms with E-state index in [1.54, 1.807) is 7.11 Å². The van der Waals surface area contributed by atoms with E-state index in [1.165, 1.54) is 0 Å². The maximum atomic E-state index is 6.12. The van der Waals surface area contributed by atoms with E-state index in [0.717, 1.165) is 27.9 Å². The number of para-hydroxylation sites is 1. The fraction of sp³-hybridized carbons (Fsp3) is 0.0625. The van der Waals surface area contributed by atoms with Gasteiger partial charge in [0.25, 0.3) is 0 Å². The monoisotopic (exact) mass is 265 g/mol. The highest BCUT2D eigenvalue weighted by Gasteiger charge is 2.09. The summed E-state index contributed by atoms with van der Waals surface area (Å²) in [4.78, 5) is 4.64. The quantitative estimate of drug-likeness (QED) is 0.698. The van der Waals surface area contributed by atoms with Crippen LogP contribution in [0.1, 0.15) is 0 Å². The van der Waals surface area contributed by atoms with Crippen LogP contribution in [-0.4, -0.2) is 12.1 Å². The molecule has 4 N–H and O–H groups in total. The largest absolute Gasteiger partial charge is 0.496 e. The number of rotatable bonds is 2. The predicted octanol–water partition coefficient (Wildman–Crippen LogP) is 3.07. The van der Waals surface area contributed by atoms with Crippen molar-refractivity contribution in [3.05, 3.63) is 48.5 Å². The van der Waals surface area contributed by atoms with Gasteiger partial charge in [0, 0.05) is 22.3 Å². The third-order valence-corrected chi connectivity index (χ3v) is 3.25. The summed E-state index contributed by atoms with van der Waals surface area (Å²) >= 11 is 0. The Bertz CT molecular complexity index is 784. The molecule has 4 nitrogen and oxygen atoms in total. The lowest BCUT2D eigenvalue weighted by atomic mass is 10.1. The topological polar surface area (TPSA) is 74.2 Å². The van der Waals surface area contributed by atoms with Crippen molar-refractivity contribution in [1.82, 2.24) is 4.98 Å². The van der Waals surface area contributed by atoms with E-state index in [9.17, 15) is 0 Å². The standard InChI is InChI=1S/C16H15N3O/c1-20-16-5-3-2-4-11(16)15-9-13(18)12-8-10(17)6-7-14(12)19-15/h2-9H,17H2,1H3,(H2,18,19). The van der Waals surface area contributed by atoms with Crippen LogP contribution in [0, 0.1) is 0 Å². The van der Waals surface area contributed by atoms with Gasteiger partial charge in [-0.25, -0.2) is 4.98 Å². The zero-order valence-electron chi connectivity index (χ0n) is 11.1. The van der Waals surface area contributed by atoms with Crippen molar-refractivity contribution in [3.8, 4) is 17.0 Å². The Hall–Kier alpha value is -2.75. The number of benzene rings is 2. The second-order valence-electron chi connectivity index (χ2n) is 4.57. The summed E-state index contributed by atoms with van der Waals surface area (Å²) in [7, 11) is 1.64. The SMILES string of the molecule is COc1ccccc1-c1cc(N)c2cc(N)ccc2n1. The summed E-state index contributed by atoms with van der Waals surface area (Å²) in [6.45, 7) is 0. The van der Waals surface area contributed by atoms with Gasteiger partial charge in [0.2, 0.25) is 0 Å². The highest BCUT2D eigenvalue weighted by atomic mass is 16.5. The summed E-state index contributed by atoms with van der Waals surface area (Å²) in [6, 6.07) is 15.1. The highest BCUT2D eigenvalue weighted by molar-refractivity contribution is 5.94. The minimum absolute atomic E-state index is 0.656. The van der Waals surface area contributed by atoms with Gasteiger partial charge >= 0.3 is 0 Å². The van der Waals surface area contributed by atoms with Crippen LogP contribution in [0.5, 0.6) is 5.75 Å². The first-order valence-electron chi connectivity index (χ1n) is 6.28. The van der Waals surface area contributed by atoms with Crippen LogP contribution in [0.4, 0.5) is 11.4 Å². The van der Waals surface area contributed by atoms with Crippen molar-refractivity contribution in [3.63, 3.8) is 0 Å². The number of fused-ring (bicyclic) bond motifs is 1. The van der Waals surface area contributed by atoms with Gasteiger partial charge < -0.3 is 16.2 Å². The van der Waals surface area contributed by atoms with Crippen molar-refractivity contribution >= 4 is 22.3 Å². The number of nitrogens with zero attached hydrogens (tertiary/aromatic N) is 1. The van der Waals surface area contributed by atoms with E-state index >= 15 is 0 Å². The lowest BCUT2D eigenvalue weighted by Gasteiger charge is -2.10. The van der Waals surface area contributed by atoms with Gasteiger partial charge in [0.1, 0.15) is 5.75 Å². The molecular weight excluding hydrogens is 250 g/mol. The Morgan fingerprint density at radius 1 is 1.00 bits per heavy atom. The summed E-state index contributed by atoms with van der Waals surface area (Å²) in [5.41, 5.74) is 15.8. The lowest BCUT2D eigenvalue weighted by molar-refractivity contribution is 0.416. The van der Waals surface area contributed by atoms with Crippen LogP contribution in [0.25, 0.3) is 22.2 Å². The van der Waals surface area contributed by atoms with Gasteiger partial charge in [0.05, 0.1) is 18.3 Å².